The molecule has 2 saturated heterocycles. The molecule has 1 N–H and O–H groups in total. The number of carbonyl (C=O) groups is 4. The number of hydrogen-bond acceptors (Lipinski definition) is 6. The molecule has 2 fully saturated rings. The quantitative estimate of drug-likeness (QED) is 0.390. The third kappa shape index (κ3) is 6.37. The smallest absolute Gasteiger partial charge is 0.269 e. The molecule has 1 aromatic heterocycles. The number of piperazine rings is 1. The molecule has 2 aromatic rings. The Morgan fingerprint density at radius 1 is 0.976 bits per heavy atom. The van der Waals surface area contributed by atoms with E-state index < -0.39 is 0 Å². The van der Waals surface area contributed by atoms with Crippen molar-refractivity contribution < 1.29 is 23.9 Å². The Hall–Kier alpha value is -3.53. The second kappa shape index (κ2) is 12.5. The molecule has 41 heavy (non-hydrogen) atoms. The fourth-order valence-corrected chi connectivity index (χ4v) is 6.29. The van der Waals surface area contributed by atoms with E-state index in [1.807, 2.05) is 11.6 Å². The molecule has 0 unspecified atom stereocenters. The zero-order valence-corrected chi connectivity index (χ0v) is 24.2. The molecule has 3 aliphatic rings. The predicted molar refractivity (Wildman–Crippen MR) is 153 cm³/mol. The maximum Gasteiger partial charge on any atom is 0.269 e. The molecular formula is C31H41N5O5. The van der Waals surface area contributed by atoms with Crippen LogP contribution in [0, 0.1) is 5.41 Å². The fraction of sp³-hybridized carbons (Fsp3) is 0.581. The van der Waals surface area contributed by atoms with Gasteiger partial charge in [-0.25, -0.2) is 0 Å². The largest absolute Gasteiger partial charge is 0.381 e. The molecule has 0 aliphatic carbocycles. The van der Waals surface area contributed by atoms with Crippen LogP contribution in [0.2, 0.25) is 0 Å². The third-order valence-electron chi connectivity index (χ3n) is 8.91. The number of rotatable bonds is 8. The third-order valence-corrected chi connectivity index (χ3v) is 8.91. The maximum absolute atomic E-state index is 13.0. The fourth-order valence-electron chi connectivity index (χ4n) is 6.29. The second-order valence-corrected chi connectivity index (χ2v) is 11.6. The molecule has 3 aliphatic heterocycles. The Morgan fingerprint density at radius 3 is 2.29 bits per heavy atom. The van der Waals surface area contributed by atoms with E-state index in [0.29, 0.717) is 62.5 Å². The van der Waals surface area contributed by atoms with Crippen LogP contribution in [0.25, 0.3) is 0 Å². The van der Waals surface area contributed by atoms with Gasteiger partial charge in [-0.2, -0.15) is 5.10 Å². The summed E-state index contributed by atoms with van der Waals surface area (Å²) in [6, 6.07) is 6.90. The van der Waals surface area contributed by atoms with E-state index in [1.54, 1.807) is 41.0 Å². The number of carbonyl (C=O) groups excluding carboxylic acids is 4. The standard InChI is InChI=1S/C31H41N5O5/c1-3-36-28-25(20-31(21-32-29(28)39)12-18-41-19-13-31)26(33-36)6-4-5-7-27(38)23-8-10-24(11-9-23)30(40)35-16-14-34(15-17-35)22(2)37/h8-11H,3-7,12-21H2,1-2H3,(H,32,39). The van der Waals surface area contributed by atoms with Crippen molar-refractivity contribution in [2.75, 3.05) is 45.9 Å². The highest BCUT2D eigenvalue weighted by Crippen LogP contribution is 2.38. The first-order chi connectivity index (χ1) is 19.8. The van der Waals surface area contributed by atoms with Crippen molar-refractivity contribution in [2.45, 2.75) is 65.3 Å². The molecule has 1 spiro atoms. The van der Waals surface area contributed by atoms with Gasteiger partial charge in [-0.3, -0.25) is 23.9 Å². The topological polar surface area (TPSA) is 114 Å². The summed E-state index contributed by atoms with van der Waals surface area (Å²) in [5.41, 5.74) is 3.91. The number of unbranched alkanes of at least 4 members (excludes halogenated alkanes) is 1. The van der Waals surface area contributed by atoms with Crippen LogP contribution in [-0.4, -0.2) is 89.0 Å². The molecule has 220 valence electrons. The Kier molecular flexibility index (Phi) is 8.87. The molecule has 0 bridgehead atoms. The van der Waals surface area contributed by atoms with Crippen LogP contribution in [0.5, 0.6) is 0 Å². The molecule has 0 atom stereocenters. The number of benzene rings is 1. The van der Waals surface area contributed by atoms with Gasteiger partial charge in [-0.05, 0) is 63.0 Å². The van der Waals surface area contributed by atoms with E-state index in [-0.39, 0.29) is 28.9 Å². The van der Waals surface area contributed by atoms with Gasteiger partial charge in [-0.1, -0.05) is 12.1 Å². The van der Waals surface area contributed by atoms with Gasteiger partial charge < -0.3 is 19.9 Å². The number of Topliss-reactive ketones (excluding diaryl/α,β-unsaturated/α-hetero) is 1. The lowest BCUT2D eigenvalue weighted by Gasteiger charge is -2.36. The SMILES string of the molecule is CCn1nc(CCCCC(=O)c2ccc(C(=O)N3CCN(C(C)=O)CC3)cc2)c2c1C(=O)NCC1(CCOCC1)C2. The zero-order valence-electron chi connectivity index (χ0n) is 24.2. The molecule has 5 rings (SSSR count). The minimum Gasteiger partial charge on any atom is -0.381 e. The van der Waals surface area contributed by atoms with E-state index in [1.165, 1.54) is 0 Å². The molecular weight excluding hydrogens is 522 g/mol. The van der Waals surface area contributed by atoms with Gasteiger partial charge in [0.2, 0.25) is 5.91 Å². The monoisotopic (exact) mass is 563 g/mol. The van der Waals surface area contributed by atoms with Crippen molar-refractivity contribution in [1.29, 1.82) is 0 Å². The molecule has 10 heteroatoms. The first kappa shape index (κ1) is 29.0. The highest BCUT2D eigenvalue weighted by Gasteiger charge is 2.39. The van der Waals surface area contributed by atoms with E-state index in [0.717, 1.165) is 63.0 Å². The van der Waals surface area contributed by atoms with Gasteiger partial charge in [0, 0.05) is 82.5 Å². The van der Waals surface area contributed by atoms with Crippen molar-refractivity contribution >= 4 is 23.5 Å². The van der Waals surface area contributed by atoms with Crippen LogP contribution in [0.15, 0.2) is 24.3 Å². The van der Waals surface area contributed by atoms with E-state index in [4.69, 9.17) is 9.84 Å². The number of aryl methyl sites for hydroxylation is 2. The summed E-state index contributed by atoms with van der Waals surface area (Å²) in [6.45, 7) is 8.41. The summed E-state index contributed by atoms with van der Waals surface area (Å²) in [5, 5.41) is 7.96. The molecule has 10 nitrogen and oxygen atoms in total. The highest BCUT2D eigenvalue weighted by atomic mass is 16.5. The molecule has 3 amide bonds. The average molecular weight is 564 g/mol. The van der Waals surface area contributed by atoms with Crippen molar-refractivity contribution in [3.05, 3.63) is 52.3 Å². The maximum atomic E-state index is 13.0. The summed E-state index contributed by atoms with van der Waals surface area (Å²) >= 11 is 0. The number of ketones is 1. The predicted octanol–water partition coefficient (Wildman–Crippen LogP) is 2.89. The Bertz CT molecular complexity index is 1290. The highest BCUT2D eigenvalue weighted by molar-refractivity contribution is 5.99. The molecule has 1 aromatic carbocycles. The molecule has 0 saturated carbocycles. The van der Waals surface area contributed by atoms with Gasteiger partial charge in [0.15, 0.2) is 5.78 Å². The summed E-state index contributed by atoms with van der Waals surface area (Å²) in [6.07, 6.45) is 5.36. The van der Waals surface area contributed by atoms with Crippen molar-refractivity contribution in [3.63, 3.8) is 0 Å². The minimum atomic E-state index is -0.0749. The van der Waals surface area contributed by atoms with Crippen LogP contribution >= 0.6 is 0 Å². The Balaban J connectivity index is 1.15. The van der Waals surface area contributed by atoms with Crippen molar-refractivity contribution in [2.24, 2.45) is 5.41 Å². The first-order valence-corrected chi connectivity index (χ1v) is 14.9. The minimum absolute atomic E-state index is 0.0158. The number of hydrogen-bond donors (Lipinski definition) is 1. The number of amides is 3. The van der Waals surface area contributed by atoms with Gasteiger partial charge in [0.1, 0.15) is 5.69 Å². The molecule has 0 radical (unpaired) electrons. The lowest BCUT2D eigenvalue weighted by Crippen LogP contribution is -2.50. The summed E-state index contributed by atoms with van der Waals surface area (Å²) in [4.78, 5) is 53.8. The van der Waals surface area contributed by atoms with Gasteiger partial charge in [0.05, 0.1) is 5.69 Å². The zero-order chi connectivity index (χ0) is 29.0. The Morgan fingerprint density at radius 2 is 1.63 bits per heavy atom. The van der Waals surface area contributed by atoms with Gasteiger partial charge in [0.25, 0.3) is 11.8 Å². The number of nitrogens with zero attached hydrogens (tertiary/aromatic N) is 4. The Labute approximate surface area is 241 Å². The van der Waals surface area contributed by atoms with Crippen LogP contribution in [-0.2, 0) is 28.9 Å². The van der Waals surface area contributed by atoms with E-state index >= 15 is 0 Å². The molecule has 4 heterocycles. The van der Waals surface area contributed by atoms with E-state index in [2.05, 4.69) is 5.32 Å². The van der Waals surface area contributed by atoms with Crippen molar-refractivity contribution in [3.8, 4) is 0 Å². The second-order valence-electron chi connectivity index (χ2n) is 11.6. The number of fused-ring (bicyclic) bond motifs is 1. The van der Waals surface area contributed by atoms with Crippen LogP contribution < -0.4 is 5.32 Å². The van der Waals surface area contributed by atoms with E-state index in [9.17, 15) is 19.2 Å². The normalized spacial score (nSPS) is 18.5. The average Bonchev–Trinajstić information content (AvgIpc) is 3.27. The summed E-state index contributed by atoms with van der Waals surface area (Å²) in [5.74, 6) is -0.0350. The lowest BCUT2D eigenvalue weighted by molar-refractivity contribution is -0.130. The van der Waals surface area contributed by atoms with Gasteiger partial charge in [-0.15, -0.1) is 0 Å². The van der Waals surface area contributed by atoms with Crippen molar-refractivity contribution in [1.82, 2.24) is 24.9 Å². The summed E-state index contributed by atoms with van der Waals surface area (Å²) < 4.78 is 7.44. The number of ether oxygens (including phenoxy) is 1. The number of nitrogens with one attached hydrogen (secondary N) is 1. The lowest BCUT2D eigenvalue weighted by atomic mass is 9.75. The van der Waals surface area contributed by atoms with Gasteiger partial charge >= 0.3 is 0 Å². The van der Waals surface area contributed by atoms with Crippen LogP contribution in [0.1, 0.15) is 88.4 Å². The number of aromatic nitrogens is 2. The van der Waals surface area contributed by atoms with Crippen LogP contribution in [0.3, 0.4) is 0 Å². The summed E-state index contributed by atoms with van der Waals surface area (Å²) in [7, 11) is 0. The first-order valence-electron chi connectivity index (χ1n) is 14.9. The van der Waals surface area contributed by atoms with Crippen LogP contribution in [0.4, 0.5) is 0 Å².